The summed E-state index contributed by atoms with van der Waals surface area (Å²) in [5, 5.41) is 0. The molecule has 0 radical (unpaired) electrons. The molecule has 3 rings (SSSR count). The molecule has 1 aromatic carbocycles. The van der Waals surface area contributed by atoms with E-state index >= 15 is 0 Å². The van der Waals surface area contributed by atoms with Gasteiger partial charge in [-0.1, -0.05) is 25.1 Å². The fourth-order valence-corrected chi connectivity index (χ4v) is 3.44. The third-order valence-electron chi connectivity index (χ3n) is 4.96. The zero-order valence-corrected chi connectivity index (χ0v) is 14.7. The van der Waals surface area contributed by atoms with Crippen LogP contribution >= 0.6 is 0 Å². The molecule has 1 saturated heterocycles. The summed E-state index contributed by atoms with van der Waals surface area (Å²) in [7, 11) is 0. The fraction of sp³-hybridized carbons (Fsp3) is 0.421. The van der Waals surface area contributed by atoms with Crippen LogP contribution in [0.1, 0.15) is 47.6 Å². The number of nitrogens with zero attached hydrogens (tertiary/aromatic N) is 2. The number of nitrogens with one attached hydrogen (secondary N) is 1. The Bertz CT molecular complexity index is 796. The maximum Gasteiger partial charge on any atom is 0.266 e. The smallest absolute Gasteiger partial charge is 0.266 e. The summed E-state index contributed by atoms with van der Waals surface area (Å²) in [6, 6.07) is 6.57. The van der Waals surface area contributed by atoms with Crippen LogP contribution in [0.5, 0.6) is 0 Å². The van der Waals surface area contributed by atoms with Gasteiger partial charge in [-0.05, 0) is 30.9 Å². The second kappa shape index (κ2) is 7.68. The van der Waals surface area contributed by atoms with Crippen LogP contribution in [0.4, 0.5) is 4.39 Å². The van der Waals surface area contributed by atoms with Crippen molar-refractivity contribution >= 4 is 11.8 Å². The van der Waals surface area contributed by atoms with E-state index < -0.39 is 5.91 Å². The number of carbonyl (C=O) groups is 2. The summed E-state index contributed by atoms with van der Waals surface area (Å²) >= 11 is 0. The van der Waals surface area contributed by atoms with Gasteiger partial charge < -0.3 is 15.6 Å². The molecule has 26 heavy (non-hydrogen) atoms. The summed E-state index contributed by atoms with van der Waals surface area (Å²) in [6.45, 7) is 3.09. The predicted molar refractivity (Wildman–Crippen MR) is 94.9 cm³/mol. The van der Waals surface area contributed by atoms with E-state index in [0.29, 0.717) is 30.8 Å². The van der Waals surface area contributed by atoms with Crippen molar-refractivity contribution in [2.75, 3.05) is 13.1 Å². The Labute approximate surface area is 151 Å². The monoisotopic (exact) mass is 358 g/mol. The van der Waals surface area contributed by atoms with Gasteiger partial charge in [0.2, 0.25) is 5.91 Å². The molecule has 1 fully saturated rings. The number of aromatic amines is 1. The van der Waals surface area contributed by atoms with Gasteiger partial charge in [-0.3, -0.25) is 9.59 Å². The number of nitrogens with two attached hydrogens (primary N) is 1. The van der Waals surface area contributed by atoms with E-state index in [9.17, 15) is 14.0 Å². The molecule has 7 heteroatoms. The molecule has 3 N–H and O–H groups in total. The summed E-state index contributed by atoms with van der Waals surface area (Å²) in [6.07, 6.45) is 3.38. The van der Waals surface area contributed by atoms with Crippen molar-refractivity contribution in [2.45, 2.75) is 32.1 Å². The average Bonchev–Trinajstić information content (AvgIpc) is 3.13. The first-order chi connectivity index (χ1) is 12.5. The number of likely N-dealkylation sites (tertiary alicyclic amines) is 1. The van der Waals surface area contributed by atoms with Crippen LogP contribution in [0.3, 0.4) is 0 Å². The third-order valence-corrected chi connectivity index (χ3v) is 4.96. The molecule has 1 unspecified atom stereocenters. The highest BCUT2D eigenvalue weighted by atomic mass is 19.1. The highest BCUT2D eigenvalue weighted by molar-refractivity contribution is 5.90. The molecular formula is C19H23FN4O2. The molecule has 1 aromatic heterocycles. The number of piperidine rings is 1. The van der Waals surface area contributed by atoms with Gasteiger partial charge in [-0.2, -0.15) is 0 Å². The predicted octanol–water partition coefficient (Wildman–Crippen LogP) is 2.23. The number of halogens is 1. The van der Waals surface area contributed by atoms with Crippen molar-refractivity contribution in [3.8, 4) is 0 Å². The van der Waals surface area contributed by atoms with Gasteiger partial charge in [-0.25, -0.2) is 9.37 Å². The number of benzene rings is 1. The first-order valence-corrected chi connectivity index (χ1v) is 8.82. The Kier molecular flexibility index (Phi) is 5.35. The van der Waals surface area contributed by atoms with Crippen molar-refractivity contribution in [3.05, 3.63) is 53.4 Å². The molecule has 2 heterocycles. The van der Waals surface area contributed by atoms with Gasteiger partial charge in [0.1, 0.15) is 17.3 Å². The van der Waals surface area contributed by atoms with Gasteiger partial charge in [0.05, 0.1) is 6.20 Å². The zero-order chi connectivity index (χ0) is 18.7. The molecule has 1 atom stereocenters. The number of carbonyl (C=O) groups excluding carboxylic acids is 2. The van der Waals surface area contributed by atoms with Crippen LogP contribution in [0.2, 0.25) is 0 Å². The van der Waals surface area contributed by atoms with Gasteiger partial charge in [0.15, 0.2) is 0 Å². The van der Waals surface area contributed by atoms with E-state index in [1.54, 1.807) is 18.2 Å². The lowest BCUT2D eigenvalue weighted by Crippen LogP contribution is -2.41. The average molecular weight is 358 g/mol. The number of H-pyrrole nitrogens is 1. The highest BCUT2D eigenvalue weighted by Crippen LogP contribution is 2.27. The topological polar surface area (TPSA) is 92.1 Å². The Balaban J connectivity index is 1.56. The molecule has 0 saturated carbocycles. The lowest BCUT2D eigenvalue weighted by molar-refractivity contribution is -0.136. The Morgan fingerprint density at radius 1 is 1.35 bits per heavy atom. The number of hydrogen-bond donors (Lipinski definition) is 2. The van der Waals surface area contributed by atoms with E-state index in [1.165, 1.54) is 12.3 Å². The molecule has 1 aliphatic rings. The second-order valence-electron chi connectivity index (χ2n) is 6.84. The van der Waals surface area contributed by atoms with Crippen LogP contribution in [-0.4, -0.2) is 39.8 Å². The van der Waals surface area contributed by atoms with E-state index in [0.717, 1.165) is 18.7 Å². The van der Waals surface area contributed by atoms with Crippen molar-refractivity contribution in [1.29, 1.82) is 0 Å². The van der Waals surface area contributed by atoms with Crippen molar-refractivity contribution in [2.24, 2.45) is 11.7 Å². The quantitative estimate of drug-likeness (QED) is 0.858. The first kappa shape index (κ1) is 18.1. The number of rotatable bonds is 5. The van der Waals surface area contributed by atoms with Crippen LogP contribution in [0, 0.1) is 11.7 Å². The zero-order valence-electron chi connectivity index (χ0n) is 14.7. The van der Waals surface area contributed by atoms with E-state index in [1.807, 2.05) is 11.8 Å². The lowest BCUT2D eigenvalue weighted by Gasteiger charge is -2.33. The van der Waals surface area contributed by atoms with Crippen LogP contribution in [0.15, 0.2) is 30.5 Å². The standard InChI is InChI=1S/C19H23FN4O2/c1-12(10-14-4-2-3-5-15(14)20)19(26)24-8-6-13(7-9-24)18-22-11-16(23-18)17(21)25/h2-5,11-13H,6-10H2,1H3,(H2,21,25)(H,22,23). The maximum absolute atomic E-state index is 13.8. The van der Waals surface area contributed by atoms with Gasteiger partial charge >= 0.3 is 0 Å². The van der Waals surface area contributed by atoms with Gasteiger partial charge in [0, 0.05) is 24.9 Å². The maximum atomic E-state index is 13.8. The molecular weight excluding hydrogens is 335 g/mol. The molecule has 0 bridgehead atoms. The molecule has 2 aromatic rings. The van der Waals surface area contributed by atoms with Gasteiger partial charge in [-0.15, -0.1) is 0 Å². The normalized spacial score (nSPS) is 16.5. The van der Waals surface area contributed by atoms with E-state index in [-0.39, 0.29) is 23.6 Å². The Morgan fingerprint density at radius 2 is 2.04 bits per heavy atom. The highest BCUT2D eigenvalue weighted by Gasteiger charge is 2.28. The molecule has 2 amide bonds. The minimum atomic E-state index is -0.529. The molecule has 1 aliphatic heterocycles. The minimum Gasteiger partial charge on any atom is -0.364 e. The fourth-order valence-electron chi connectivity index (χ4n) is 3.44. The third kappa shape index (κ3) is 3.92. The van der Waals surface area contributed by atoms with Crippen LogP contribution in [0.25, 0.3) is 0 Å². The number of amides is 2. The molecule has 0 aliphatic carbocycles. The largest absolute Gasteiger partial charge is 0.364 e. The second-order valence-corrected chi connectivity index (χ2v) is 6.84. The van der Waals surface area contributed by atoms with Gasteiger partial charge in [0.25, 0.3) is 5.91 Å². The number of imidazole rings is 1. The van der Waals surface area contributed by atoms with Crippen molar-refractivity contribution in [1.82, 2.24) is 14.9 Å². The van der Waals surface area contributed by atoms with E-state index in [2.05, 4.69) is 9.97 Å². The van der Waals surface area contributed by atoms with Crippen molar-refractivity contribution < 1.29 is 14.0 Å². The molecule has 0 spiro atoms. The van der Waals surface area contributed by atoms with Crippen molar-refractivity contribution in [3.63, 3.8) is 0 Å². The Hall–Kier alpha value is -2.70. The van der Waals surface area contributed by atoms with Crippen LogP contribution < -0.4 is 5.73 Å². The number of hydrogen-bond acceptors (Lipinski definition) is 3. The summed E-state index contributed by atoms with van der Waals surface area (Å²) in [5.41, 5.74) is 6.11. The molecule has 138 valence electrons. The molecule has 6 nitrogen and oxygen atoms in total. The first-order valence-electron chi connectivity index (χ1n) is 8.82. The summed E-state index contributed by atoms with van der Waals surface area (Å²) < 4.78 is 13.8. The minimum absolute atomic E-state index is 0.0453. The summed E-state index contributed by atoms with van der Waals surface area (Å²) in [4.78, 5) is 32.8. The Morgan fingerprint density at radius 3 is 2.65 bits per heavy atom. The SMILES string of the molecule is CC(Cc1ccccc1F)C(=O)N1CCC(c2ncc(C(N)=O)[nH]2)CC1. The van der Waals surface area contributed by atoms with Crippen LogP contribution in [-0.2, 0) is 11.2 Å². The lowest BCUT2D eigenvalue weighted by atomic mass is 9.93. The summed E-state index contributed by atoms with van der Waals surface area (Å²) in [5.74, 6) is -0.107. The van der Waals surface area contributed by atoms with E-state index in [4.69, 9.17) is 5.73 Å². The number of aromatic nitrogens is 2. The number of primary amides is 1.